The van der Waals surface area contributed by atoms with Gasteiger partial charge in [0.1, 0.15) is 5.75 Å². The minimum absolute atomic E-state index is 0.0705. The fourth-order valence-corrected chi connectivity index (χ4v) is 6.29. The second kappa shape index (κ2) is 10.6. The van der Waals surface area contributed by atoms with Crippen molar-refractivity contribution in [1.29, 1.82) is 0 Å². The van der Waals surface area contributed by atoms with E-state index in [2.05, 4.69) is 19.1 Å². The summed E-state index contributed by atoms with van der Waals surface area (Å²) in [5.41, 5.74) is 2.75. The molecule has 0 radical (unpaired) electrons. The van der Waals surface area contributed by atoms with Gasteiger partial charge in [-0.3, -0.25) is 9.59 Å². The number of hydrogen-bond acceptors (Lipinski definition) is 4. The standard InChI is InChI=1S/C27H34N2O3S/c1-3-4-5-6-21-7-9-22(10-8-21)25(30)28-17-15-27(16-18-28)29(19-20-33-27)26(31)23-11-13-24(32-2)14-12-23/h7-14H,3-6,15-20H2,1-2H3. The Bertz CT molecular complexity index is 950. The van der Waals surface area contributed by atoms with E-state index in [0.29, 0.717) is 18.7 Å². The van der Waals surface area contributed by atoms with Crippen molar-refractivity contribution in [3.05, 3.63) is 65.2 Å². The molecule has 4 rings (SSSR count). The molecular formula is C27H34N2O3S. The summed E-state index contributed by atoms with van der Waals surface area (Å²) in [5, 5.41) is 0. The van der Waals surface area contributed by atoms with Crippen molar-refractivity contribution in [3.8, 4) is 5.75 Å². The van der Waals surface area contributed by atoms with E-state index in [-0.39, 0.29) is 16.7 Å². The van der Waals surface area contributed by atoms with Crippen molar-refractivity contribution >= 4 is 23.6 Å². The van der Waals surface area contributed by atoms with Gasteiger partial charge in [0.05, 0.1) is 12.0 Å². The van der Waals surface area contributed by atoms with Gasteiger partial charge in [-0.15, -0.1) is 11.8 Å². The van der Waals surface area contributed by atoms with Crippen LogP contribution in [0.3, 0.4) is 0 Å². The van der Waals surface area contributed by atoms with Gasteiger partial charge in [0, 0.05) is 36.5 Å². The van der Waals surface area contributed by atoms with Crippen LogP contribution in [0.15, 0.2) is 48.5 Å². The third kappa shape index (κ3) is 5.21. The van der Waals surface area contributed by atoms with Crippen molar-refractivity contribution in [3.63, 3.8) is 0 Å². The van der Waals surface area contributed by atoms with Gasteiger partial charge in [-0.05, 0) is 67.6 Å². The van der Waals surface area contributed by atoms with E-state index in [9.17, 15) is 9.59 Å². The summed E-state index contributed by atoms with van der Waals surface area (Å²) >= 11 is 1.87. The summed E-state index contributed by atoms with van der Waals surface area (Å²) in [5.74, 6) is 1.86. The molecule has 5 nitrogen and oxygen atoms in total. The van der Waals surface area contributed by atoms with Gasteiger partial charge in [0.15, 0.2) is 0 Å². The first-order valence-corrected chi connectivity index (χ1v) is 13.0. The zero-order chi connectivity index (χ0) is 23.3. The van der Waals surface area contributed by atoms with Crippen molar-refractivity contribution in [2.24, 2.45) is 0 Å². The first kappa shape index (κ1) is 23.7. The molecule has 0 atom stereocenters. The Balaban J connectivity index is 1.37. The third-order valence-corrected chi connectivity index (χ3v) is 8.41. The first-order chi connectivity index (χ1) is 16.1. The number of carbonyl (C=O) groups excluding carboxylic acids is 2. The number of carbonyl (C=O) groups is 2. The Morgan fingerprint density at radius 3 is 2.18 bits per heavy atom. The van der Waals surface area contributed by atoms with Crippen LogP contribution in [0.4, 0.5) is 0 Å². The maximum absolute atomic E-state index is 13.3. The molecule has 2 aliphatic rings. The number of benzene rings is 2. The van der Waals surface area contributed by atoms with Crippen molar-refractivity contribution < 1.29 is 14.3 Å². The van der Waals surface area contributed by atoms with E-state index in [4.69, 9.17) is 4.74 Å². The fraction of sp³-hybridized carbons (Fsp3) is 0.481. The van der Waals surface area contributed by atoms with E-state index >= 15 is 0 Å². The number of ether oxygens (including phenoxy) is 1. The SMILES string of the molecule is CCCCCc1ccc(C(=O)N2CCC3(CC2)SCCN3C(=O)c2ccc(OC)cc2)cc1. The first-order valence-electron chi connectivity index (χ1n) is 12.0. The van der Waals surface area contributed by atoms with Crippen LogP contribution in [0, 0.1) is 0 Å². The van der Waals surface area contributed by atoms with E-state index in [1.54, 1.807) is 7.11 Å². The Morgan fingerprint density at radius 2 is 1.55 bits per heavy atom. The topological polar surface area (TPSA) is 49.9 Å². The van der Waals surface area contributed by atoms with Crippen molar-refractivity contribution in [1.82, 2.24) is 9.80 Å². The molecule has 2 aromatic carbocycles. The van der Waals surface area contributed by atoms with Gasteiger partial charge in [-0.2, -0.15) is 0 Å². The molecule has 2 aromatic rings. The molecule has 2 amide bonds. The zero-order valence-electron chi connectivity index (χ0n) is 19.7. The van der Waals surface area contributed by atoms with Crippen molar-refractivity contribution in [2.45, 2.75) is 50.3 Å². The van der Waals surface area contributed by atoms with Crippen LogP contribution in [-0.4, -0.2) is 59.0 Å². The van der Waals surface area contributed by atoms with Gasteiger partial charge in [0.2, 0.25) is 0 Å². The number of piperidine rings is 1. The molecule has 0 N–H and O–H groups in total. The molecule has 33 heavy (non-hydrogen) atoms. The summed E-state index contributed by atoms with van der Waals surface area (Å²) in [6, 6.07) is 15.5. The molecule has 2 aliphatic heterocycles. The Labute approximate surface area is 201 Å². The number of hydrogen-bond donors (Lipinski definition) is 0. The van der Waals surface area contributed by atoms with Crippen LogP contribution < -0.4 is 4.74 Å². The van der Waals surface area contributed by atoms with Gasteiger partial charge < -0.3 is 14.5 Å². The quantitative estimate of drug-likeness (QED) is 0.523. The average molecular weight is 467 g/mol. The maximum Gasteiger partial charge on any atom is 0.255 e. The summed E-state index contributed by atoms with van der Waals surface area (Å²) in [7, 11) is 1.62. The molecule has 2 heterocycles. The highest BCUT2D eigenvalue weighted by Gasteiger charge is 2.47. The molecule has 176 valence electrons. The lowest BCUT2D eigenvalue weighted by molar-refractivity contribution is 0.0498. The van der Waals surface area contributed by atoms with Crippen LogP contribution in [-0.2, 0) is 6.42 Å². The lowest BCUT2D eigenvalue weighted by Crippen LogP contribution is -2.53. The third-order valence-electron chi connectivity index (χ3n) is 6.86. The summed E-state index contributed by atoms with van der Waals surface area (Å²) in [6.07, 6.45) is 6.34. The molecular weight excluding hydrogens is 432 g/mol. The van der Waals surface area contributed by atoms with Crippen LogP contribution in [0.5, 0.6) is 5.75 Å². The van der Waals surface area contributed by atoms with Crippen LogP contribution in [0.2, 0.25) is 0 Å². The Kier molecular flexibility index (Phi) is 7.63. The highest BCUT2D eigenvalue weighted by atomic mass is 32.2. The minimum atomic E-state index is -0.211. The lowest BCUT2D eigenvalue weighted by atomic mass is 9.99. The predicted octanol–water partition coefficient (Wildman–Crippen LogP) is 5.25. The Hall–Kier alpha value is -2.47. The van der Waals surface area contributed by atoms with Crippen LogP contribution >= 0.6 is 11.8 Å². The lowest BCUT2D eigenvalue weighted by Gasteiger charge is -2.44. The highest BCUT2D eigenvalue weighted by Crippen LogP contribution is 2.44. The van der Waals surface area contributed by atoms with E-state index in [1.165, 1.54) is 24.8 Å². The number of unbranched alkanes of at least 4 members (excludes halogenated alkanes) is 2. The molecule has 0 aliphatic carbocycles. The van der Waals surface area contributed by atoms with Gasteiger partial charge >= 0.3 is 0 Å². The molecule has 6 heteroatoms. The van der Waals surface area contributed by atoms with Crippen LogP contribution in [0.25, 0.3) is 0 Å². The number of aryl methyl sites for hydroxylation is 1. The summed E-state index contributed by atoms with van der Waals surface area (Å²) < 4.78 is 5.22. The highest BCUT2D eigenvalue weighted by molar-refractivity contribution is 8.00. The number of likely N-dealkylation sites (tertiary alicyclic amines) is 1. The molecule has 2 fully saturated rings. The second-order valence-corrected chi connectivity index (χ2v) is 10.4. The average Bonchev–Trinajstić information content (AvgIpc) is 3.27. The van der Waals surface area contributed by atoms with E-state index in [1.807, 2.05) is 58.0 Å². The van der Waals surface area contributed by atoms with Crippen LogP contribution in [0.1, 0.15) is 65.3 Å². The second-order valence-electron chi connectivity index (χ2n) is 8.93. The largest absolute Gasteiger partial charge is 0.497 e. The van der Waals surface area contributed by atoms with Crippen molar-refractivity contribution in [2.75, 3.05) is 32.5 Å². The Morgan fingerprint density at radius 1 is 0.909 bits per heavy atom. The monoisotopic (exact) mass is 466 g/mol. The van der Waals surface area contributed by atoms with Gasteiger partial charge in [-0.25, -0.2) is 0 Å². The summed E-state index contributed by atoms with van der Waals surface area (Å²) in [6.45, 7) is 4.32. The molecule has 0 bridgehead atoms. The minimum Gasteiger partial charge on any atom is -0.497 e. The number of nitrogens with zero attached hydrogens (tertiary/aromatic N) is 2. The summed E-state index contributed by atoms with van der Waals surface area (Å²) in [4.78, 5) is 30.1. The fourth-order valence-electron chi connectivity index (χ4n) is 4.83. The number of thioether (sulfide) groups is 1. The maximum atomic E-state index is 13.3. The van der Waals surface area contributed by atoms with E-state index in [0.717, 1.165) is 42.9 Å². The number of methoxy groups -OCH3 is 1. The molecule has 1 spiro atoms. The van der Waals surface area contributed by atoms with E-state index < -0.39 is 0 Å². The molecule has 2 saturated heterocycles. The number of amides is 2. The van der Waals surface area contributed by atoms with Gasteiger partial charge in [-0.1, -0.05) is 31.9 Å². The smallest absolute Gasteiger partial charge is 0.255 e. The molecule has 0 aromatic heterocycles. The predicted molar refractivity (Wildman–Crippen MR) is 134 cm³/mol. The van der Waals surface area contributed by atoms with Gasteiger partial charge in [0.25, 0.3) is 11.8 Å². The zero-order valence-corrected chi connectivity index (χ0v) is 20.5. The molecule has 0 unspecified atom stereocenters. The normalized spacial score (nSPS) is 17.4. The molecule has 0 saturated carbocycles. The number of rotatable bonds is 7.